The van der Waals surface area contributed by atoms with Crippen molar-refractivity contribution in [2.24, 2.45) is 0 Å². The van der Waals surface area contributed by atoms with E-state index in [1.165, 1.54) is 0 Å². The third-order valence-corrected chi connectivity index (χ3v) is 2.32. The lowest BCUT2D eigenvalue weighted by Crippen LogP contribution is -2.44. The van der Waals surface area contributed by atoms with Crippen molar-refractivity contribution in [3.63, 3.8) is 0 Å². The first-order valence-corrected chi connectivity index (χ1v) is 4.58. The molecule has 0 unspecified atom stereocenters. The van der Waals surface area contributed by atoms with Crippen LogP contribution in [-0.4, -0.2) is 23.2 Å². The molecule has 13 heavy (non-hydrogen) atoms. The molecule has 0 heterocycles. The average molecular weight is 182 g/mol. The van der Waals surface area contributed by atoms with E-state index < -0.39 is 6.10 Å². The van der Waals surface area contributed by atoms with Gasteiger partial charge in [-0.15, -0.1) is 0 Å². The van der Waals surface area contributed by atoms with Crippen molar-refractivity contribution in [2.75, 3.05) is 0 Å². The van der Waals surface area contributed by atoms with Crippen LogP contribution in [0.1, 0.15) is 32.1 Å². The van der Waals surface area contributed by atoms with Gasteiger partial charge in [0.15, 0.2) is 0 Å². The molecular weight excluding hydrogens is 168 g/mol. The molecular formula is C9H14N2O2. The highest BCUT2D eigenvalue weighted by molar-refractivity contribution is 5.78. The second-order valence-corrected chi connectivity index (χ2v) is 3.36. The van der Waals surface area contributed by atoms with Crippen molar-refractivity contribution in [3.8, 4) is 6.07 Å². The molecule has 1 aliphatic carbocycles. The SMILES string of the molecule is N#CCC(=O)N[C@H]1CCCC[C@@H]1O. The molecule has 0 aromatic rings. The van der Waals surface area contributed by atoms with Gasteiger partial charge in [0.05, 0.1) is 18.2 Å². The Morgan fingerprint density at radius 3 is 2.85 bits per heavy atom. The van der Waals surface area contributed by atoms with Gasteiger partial charge in [-0.3, -0.25) is 4.79 Å². The fourth-order valence-corrected chi connectivity index (χ4v) is 1.61. The number of rotatable bonds is 2. The molecule has 0 saturated heterocycles. The van der Waals surface area contributed by atoms with E-state index in [-0.39, 0.29) is 18.4 Å². The summed E-state index contributed by atoms with van der Waals surface area (Å²) < 4.78 is 0. The summed E-state index contributed by atoms with van der Waals surface area (Å²) >= 11 is 0. The maximum atomic E-state index is 11.0. The lowest BCUT2D eigenvalue weighted by atomic mass is 9.92. The molecule has 1 rings (SSSR count). The van der Waals surface area contributed by atoms with E-state index in [0.29, 0.717) is 0 Å². The molecule has 1 fully saturated rings. The van der Waals surface area contributed by atoms with Gasteiger partial charge < -0.3 is 10.4 Å². The monoisotopic (exact) mass is 182 g/mol. The Labute approximate surface area is 77.6 Å². The predicted molar refractivity (Wildman–Crippen MR) is 46.6 cm³/mol. The van der Waals surface area contributed by atoms with Crippen LogP contribution in [-0.2, 0) is 4.79 Å². The Morgan fingerprint density at radius 1 is 1.54 bits per heavy atom. The van der Waals surface area contributed by atoms with E-state index in [0.717, 1.165) is 25.7 Å². The van der Waals surface area contributed by atoms with Crippen LogP contribution in [0.5, 0.6) is 0 Å². The number of hydrogen-bond acceptors (Lipinski definition) is 3. The second kappa shape index (κ2) is 4.83. The standard InChI is InChI=1S/C9H14N2O2/c10-6-5-9(13)11-7-3-1-2-4-8(7)12/h7-8,12H,1-5H2,(H,11,13)/t7-,8-/m0/s1. The van der Waals surface area contributed by atoms with Gasteiger partial charge in [0, 0.05) is 0 Å². The molecule has 0 aliphatic heterocycles. The summed E-state index contributed by atoms with van der Waals surface area (Å²) in [7, 11) is 0. The summed E-state index contributed by atoms with van der Waals surface area (Å²) in [6.45, 7) is 0. The number of carbonyl (C=O) groups excluding carboxylic acids is 1. The van der Waals surface area contributed by atoms with Crippen LogP contribution < -0.4 is 5.32 Å². The first kappa shape index (κ1) is 10.0. The number of nitriles is 1. The fraction of sp³-hybridized carbons (Fsp3) is 0.778. The number of nitrogens with one attached hydrogen (secondary N) is 1. The van der Waals surface area contributed by atoms with Crippen molar-refractivity contribution >= 4 is 5.91 Å². The first-order chi connectivity index (χ1) is 6.24. The highest BCUT2D eigenvalue weighted by Crippen LogP contribution is 2.18. The van der Waals surface area contributed by atoms with Crippen LogP contribution in [0.15, 0.2) is 0 Å². The summed E-state index contributed by atoms with van der Waals surface area (Å²) in [6.07, 6.45) is 3.07. The highest BCUT2D eigenvalue weighted by atomic mass is 16.3. The molecule has 0 aromatic carbocycles. The number of hydrogen-bond donors (Lipinski definition) is 2. The molecule has 2 N–H and O–H groups in total. The molecule has 0 spiro atoms. The van der Waals surface area contributed by atoms with Crippen molar-refractivity contribution < 1.29 is 9.90 Å². The van der Waals surface area contributed by atoms with Gasteiger partial charge in [0.2, 0.25) is 5.91 Å². The molecule has 4 heteroatoms. The van der Waals surface area contributed by atoms with Crippen LogP contribution in [0.2, 0.25) is 0 Å². The molecule has 4 nitrogen and oxygen atoms in total. The lowest BCUT2D eigenvalue weighted by molar-refractivity contribution is -0.122. The zero-order valence-corrected chi connectivity index (χ0v) is 7.49. The van der Waals surface area contributed by atoms with Crippen LogP contribution in [0.3, 0.4) is 0 Å². The maximum Gasteiger partial charge on any atom is 0.234 e. The van der Waals surface area contributed by atoms with E-state index in [9.17, 15) is 9.90 Å². The van der Waals surface area contributed by atoms with Crippen molar-refractivity contribution in [2.45, 2.75) is 44.2 Å². The quantitative estimate of drug-likeness (QED) is 0.646. The number of amides is 1. The summed E-state index contributed by atoms with van der Waals surface area (Å²) in [4.78, 5) is 11.0. The van der Waals surface area contributed by atoms with E-state index in [2.05, 4.69) is 5.32 Å². The molecule has 1 amide bonds. The number of aliphatic hydroxyl groups excluding tert-OH is 1. The fourth-order valence-electron chi connectivity index (χ4n) is 1.61. The van der Waals surface area contributed by atoms with E-state index in [4.69, 9.17) is 5.26 Å². The normalized spacial score (nSPS) is 27.7. The zero-order valence-electron chi connectivity index (χ0n) is 7.49. The van der Waals surface area contributed by atoms with E-state index >= 15 is 0 Å². The van der Waals surface area contributed by atoms with Gasteiger partial charge in [-0.2, -0.15) is 5.26 Å². The van der Waals surface area contributed by atoms with Crippen LogP contribution >= 0.6 is 0 Å². The lowest BCUT2D eigenvalue weighted by Gasteiger charge is -2.27. The highest BCUT2D eigenvalue weighted by Gasteiger charge is 2.23. The molecule has 1 saturated carbocycles. The minimum atomic E-state index is -0.434. The Balaban J connectivity index is 2.34. The van der Waals surface area contributed by atoms with Crippen molar-refractivity contribution in [1.82, 2.24) is 5.32 Å². The third-order valence-electron chi connectivity index (χ3n) is 2.32. The minimum absolute atomic E-state index is 0.122. The summed E-state index contributed by atoms with van der Waals surface area (Å²) in [6, 6.07) is 1.63. The van der Waals surface area contributed by atoms with Gasteiger partial charge in [-0.1, -0.05) is 12.8 Å². The summed E-state index contributed by atoms with van der Waals surface area (Å²) in [5.41, 5.74) is 0. The van der Waals surface area contributed by atoms with Gasteiger partial charge >= 0.3 is 0 Å². The largest absolute Gasteiger partial charge is 0.391 e. The molecule has 2 atom stereocenters. The number of aliphatic hydroxyl groups is 1. The van der Waals surface area contributed by atoms with E-state index in [1.807, 2.05) is 0 Å². The third kappa shape index (κ3) is 3.03. The van der Waals surface area contributed by atoms with Crippen molar-refractivity contribution in [3.05, 3.63) is 0 Å². The van der Waals surface area contributed by atoms with Crippen LogP contribution in [0, 0.1) is 11.3 Å². The Morgan fingerprint density at radius 2 is 2.23 bits per heavy atom. The molecule has 0 aromatic heterocycles. The molecule has 72 valence electrons. The minimum Gasteiger partial charge on any atom is -0.391 e. The van der Waals surface area contributed by atoms with Crippen LogP contribution in [0.25, 0.3) is 0 Å². The van der Waals surface area contributed by atoms with Gasteiger partial charge in [-0.05, 0) is 12.8 Å². The smallest absolute Gasteiger partial charge is 0.234 e. The summed E-state index contributed by atoms with van der Waals surface area (Å²) in [5.74, 6) is -0.284. The van der Waals surface area contributed by atoms with Crippen LogP contribution in [0.4, 0.5) is 0 Å². The predicted octanol–water partition coefficient (Wildman–Crippen LogP) is 0.320. The van der Waals surface area contributed by atoms with Gasteiger partial charge in [0.1, 0.15) is 6.42 Å². The van der Waals surface area contributed by atoms with Crippen molar-refractivity contribution in [1.29, 1.82) is 5.26 Å². The Kier molecular flexibility index (Phi) is 3.71. The topological polar surface area (TPSA) is 73.1 Å². The first-order valence-electron chi connectivity index (χ1n) is 4.58. The molecule has 0 bridgehead atoms. The Bertz CT molecular complexity index is 222. The second-order valence-electron chi connectivity index (χ2n) is 3.36. The zero-order chi connectivity index (χ0) is 9.68. The number of carbonyl (C=O) groups is 1. The average Bonchev–Trinajstić information content (AvgIpc) is 2.09. The van der Waals surface area contributed by atoms with E-state index in [1.54, 1.807) is 6.07 Å². The summed E-state index contributed by atoms with van der Waals surface area (Å²) in [5, 5.41) is 20.4. The van der Waals surface area contributed by atoms with Gasteiger partial charge in [-0.25, -0.2) is 0 Å². The molecule has 0 radical (unpaired) electrons. The number of nitrogens with zero attached hydrogens (tertiary/aromatic N) is 1. The van der Waals surface area contributed by atoms with Gasteiger partial charge in [0.25, 0.3) is 0 Å². The maximum absolute atomic E-state index is 11.0. The molecule has 1 aliphatic rings. The Hall–Kier alpha value is -1.08.